The van der Waals surface area contributed by atoms with Gasteiger partial charge >= 0.3 is 0 Å². The maximum Gasteiger partial charge on any atom is 0.127 e. The lowest BCUT2D eigenvalue weighted by molar-refractivity contribution is -0.0404. The molecule has 0 radical (unpaired) electrons. The van der Waals surface area contributed by atoms with Crippen molar-refractivity contribution in [3.8, 4) is 5.75 Å². The molecule has 1 aliphatic rings. The molecule has 1 aromatic rings. The number of likely N-dealkylation sites (N-methyl/N-ethyl adjacent to an activating group) is 1. The molecule has 0 bridgehead atoms. The molecule has 4 nitrogen and oxygen atoms in total. The van der Waals surface area contributed by atoms with Crippen molar-refractivity contribution in [3.05, 3.63) is 29.6 Å². The van der Waals surface area contributed by atoms with Crippen molar-refractivity contribution in [1.29, 1.82) is 0 Å². The van der Waals surface area contributed by atoms with E-state index in [4.69, 9.17) is 9.47 Å². The molecular formula is C15H23FN2O2. The third-order valence-corrected chi connectivity index (χ3v) is 3.29. The van der Waals surface area contributed by atoms with Gasteiger partial charge in [0.2, 0.25) is 0 Å². The quantitative estimate of drug-likeness (QED) is 0.860. The van der Waals surface area contributed by atoms with Gasteiger partial charge in [0.15, 0.2) is 0 Å². The van der Waals surface area contributed by atoms with E-state index in [1.165, 1.54) is 12.1 Å². The maximum absolute atomic E-state index is 13.5. The molecule has 1 atom stereocenters. The van der Waals surface area contributed by atoms with Crippen LogP contribution in [0.3, 0.4) is 0 Å². The van der Waals surface area contributed by atoms with Gasteiger partial charge in [-0.2, -0.15) is 0 Å². The Kier molecular flexibility index (Phi) is 5.76. The number of halogens is 1. The van der Waals surface area contributed by atoms with Gasteiger partial charge in [-0.05, 0) is 31.3 Å². The van der Waals surface area contributed by atoms with Crippen LogP contribution < -0.4 is 10.1 Å². The summed E-state index contributed by atoms with van der Waals surface area (Å²) in [6, 6.07) is 4.82. The van der Waals surface area contributed by atoms with Crippen LogP contribution in [-0.2, 0) is 11.3 Å². The Bertz CT molecular complexity index is 428. The fraction of sp³-hybridized carbons (Fsp3) is 0.600. The van der Waals surface area contributed by atoms with E-state index < -0.39 is 0 Å². The van der Waals surface area contributed by atoms with Crippen molar-refractivity contribution in [2.24, 2.45) is 0 Å². The molecule has 2 rings (SSSR count). The minimum atomic E-state index is -0.267. The van der Waals surface area contributed by atoms with Gasteiger partial charge in [0.1, 0.15) is 24.3 Å². The number of morpholine rings is 1. The molecule has 1 aromatic carbocycles. The van der Waals surface area contributed by atoms with Crippen molar-refractivity contribution in [3.63, 3.8) is 0 Å². The van der Waals surface area contributed by atoms with Crippen molar-refractivity contribution in [1.82, 2.24) is 10.2 Å². The summed E-state index contributed by atoms with van der Waals surface area (Å²) in [5, 5.41) is 3.18. The Morgan fingerprint density at radius 2 is 2.30 bits per heavy atom. The van der Waals surface area contributed by atoms with Crippen LogP contribution in [0, 0.1) is 5.82 Å². The monoisotopic (exact) mass is 282 g/mol. The SMILES string of the molecule is CCNCc1cc(F)cc(OCC2CN(C)CCO2)c1. The van der Waals surface area contributed by atoms with Crippen molar-refractivity contribution in [2.75, 3.05) is 39.9 Å². The lowest BCUT2D eigenvalue weighted by Gasteiger charge is -2.29. The Morgan fingerprint density at radius 1 is 1.45 bits per heavy atom. The Hall–Kier alpha value is -1.17. The summed E-state index contributed by atoms with van der Waals surface area (Å²) in [7, 11) is 2.06. The molecule has 112 valence electrons. The highest BCUT2D eigenvalue weighted by Crippen LogP contribution is 2.17. The van der Waals surface area contributed by atoms with E-state index in [2.05, 4.69) is 17.3 Å². The number of ether oxygens (including phenoxy) is 2. The summed E-state index contributed by atoms with van der Waals surface area (Å²) in [4.78, 5) is 2.21. The molecule has 1 N–H and O–H groups in total. The smallest absolute Gasteiger partial charge is 0.127 e. The molecule has 0 spiro atoms. The average molecular weight is 282 g/mol. The number of rotatable bonds is 6. The molecule has 1 saturated heterocycles. The van der Waals surface area contributed by atoms with Gasteiger partial charge in [0, 0.05) is 25.7 Å². The highest BCUT2D eigenvalue weighted by Gasteiger charge is 2.18. The third-order valence-electron chi connectivity index (χ3n) is 3.29. The zero-order chi connectivity index (χ0) is 14.4. The van der Waals surface area contributed by atoms with Crippen LogP contribution in [0.4, 0.5) is 4.39 Å². The molecule has 0 aromatic heterocycles. The molecule has 20 heavy (non-hydrogen) atoms. The second kappa shape index (κ2) is 7.57. The van der Waals surface area contributed by atoms with E-state index in [1.54, 1.807) is 0 Å². The molecule has 1 heterocycles. The van der Waals surface area contributed by atoms with Crippen LogP contribution in [-0.4, -0.2) is 50.9 Å². The largest absolute Gasteiger partial charge is 0.491 e. The summed E-state index contributed by atoms with van der Waals surface area (Å²) >= 11 is 0. The zero-order valence-electron chi connectivity index (χ0n) is 12.2. The van der Waals surface area contributed by atoms with Gasteiger partial charge in [-0.3, -0.25) is 0 Å². The molecule has 1 aliphatic heterocycles. The predicted molar refractivity (Wildman–Crippen MR) is 76.5 cm³/mol. The molecule has 5 heteroatoms. The second-order valence-electron chi connectivity index (χ2n) is 5.14. The Morgan fingerprint density at radius 3 is 3.05 bits per heavy atom. The van der Waals surface area contributed by atoms with Crippen LogP contribution in [0.1, 0.15) is 12.5 Å². The van der Waals surface area contributed by atoms with Crippen molar-refractivity contribution in [2.45, 2.75) is 19.6 Å². The van der Waals surface area contributed by atoms with Gasteiger partial charge in [0.05, 0.1) is 6.61 Å². The van der Waals surface area contributed by atoms with Crippen molar-refractivity contribution < 1.29 is 13.9 Å². The van der Waals surface area contributed by atoms with Crippen LogP contribution in [0.15, 0.2) is 18.2 Å². The summed E-state index contributed by atoms with van der Waals surface area (Å²) in [5.74, 6) is 0.298. The highest BCUT2D eigenvalue weighted by atomic mass is 19.1. The fourth-order valence-electron chi connectivity index (χ4n) is 2.23. The van der Waals surface area contributed by atoms with E-state index in [0.29, 0.717) is 18.9 Å². The molecular weight excluding hydrogens is 259 g/mol. The van der Waals surface area contributed by atoms with Gasteiger partial charge < -0.3 is 19.7 Å². The lowest BCUT2D eigenvalue weighted by atomic mass is 10.2. The number of hydrogen-bond donors (Lipinski definition) is 1. The topological polar surface area (TPSA) is 33.7 Å². The standard InChI is InChI=1S/C15H23FN2O2/c1-3-17-9-12-6-13(16)8-14(7-12)20-11-15-10-18(2)4-5-19-15/h6-8,15,17H,3-5,9-11H2,1-2H3. The van der Waals surface area contributed by atoms with Crippen LogP contribution in [0.5, 0.6) is 5.75 Å². The fourth-order valence-corrected chi connectivity index (χ4v) is 2.23. The Labute approximate surface area is 119 Å². The van der Waals surface area contributed by atoms with E-state index in [9.17, 15) is 4.39 Å². The third kappa shape index (κ3) is 4.74. The molecule has 1 unspecified atom stereocenters. The molecule has 1 fully saturated rings. The first kappa shape index (κ1) is 15.2. The van der Waals surface area contributed by atoms with Gasteiger partial charge in [-0.1, -0.05) is 6.92 Å². The average Bonchev–Trinajstić information content (AvgIpc) is 2.42. The van der Waals surface area contributed by atoms with E-state index in [-0.39, 0.29) is 11.9 Å². The molecule has 0 amide bonds. The van der Waals surface area contributed by atoms with Crippen LogP contribution in [0.25, 0.3) is 0 Å². The van der Waals surface area contributed by atoms with Gasteiger partial charge in [0.25, 0.3) is 0 Å². The van der Waals surface area contributed by atoms with Crippen LogP contribution in [0.2, 0.25) is 0 Å². The van der Waals surface area contributed by atoms with Crippen LogP contribution >= 0.6 is 0 Å². The lowest BCUT2D eigenvalue weighted by Crippen LogP contribution is -2.42. The minimum Gasteiger partial charge on any atom is -0.491 e. The van der Waals surface area contributed by atoms with E-state index in [0.717, 1.165) is 31.8 Å². The normalized spacial score (nSPS) is 20.1. The number of nitrogens with one attached hydrogen (secondary N) is 1. The van der Waals surface area contributed by atoms with Gasteiger partial charge in [-0.25, -0.2) is 4.39 Å². The minimum absolute atomic E-state index is 0.0502. The first-order valence-electron chi connectivity index (χ1n) is 7.10. The predicted octanol–water partition coefficient (Wildman–Crippen LogP) is 1.64. The first-order chi connectivity index (χ1) is 9.67. The summed E-state index contributed by atoms with van der Waals surface area (Å²) in [6.07, 6.45) is 0.0502. The van der Waals surface area contributed by atoms with E-state index >= 15 is 0 Å². The number of hydrogen-bond acceptors (Lipinski definition) is 4. The van der Waals surface area contributed by atoms with Gasteiger partial charge in [-0.15, -0.1) is 0 Å². The molecule has 0 saturated carbocycles. The number of benzene rings is 1. The van der Waals surface area contributed by atoms with Crippen molar-refractivity contribution >= 4 is 0 Å². The highest BCUT2D eigenvalue weighted by molar-refractivity contribution is 5.29. The summed E-state index contributed by atoms with van der Waals surface area (Å²) < 4.78 is 24.8. The zero-order valence-corrected chi connectivity index (χ0v) is 12.2. The first-order valence-corrected chi connectivity index (χ1v) is 7.10. The Balaban J connectivity index is 1.89. The number of nitrogens with zero attached hydrogens (tertiary/aromatic N) is 1. The maximum atomic E-state index is 13.5. The molecule has 0 aliphatic carbocycles. The second-order valence-corrected chi connectivity index (χ2v) is 5.14. The summed E-state index contributed by atoms with van der Waals surface area (Å²) in [5.41, 5.74) is 0.892. The van der Waals surface area contributed by atoms with E-state index in [1.807, 2.05) is 13.0 Å². The summed E-state index contributed by atoms with van der Waals surface area (Å²) in [6.45, 7) is 6.49.